The summed E-state index contributed by atoms with van der Waals surface area (Å²) in [6.45, 7) is 5.26. The number of piperazine rings is 1. The van der Waals surface area contributed by atoms with Gasteiger partial charge in [-0.05, 0) is 18.1 Å². The fourth-order valence-electron chi connectivity index (χ4n) is 3.83. The van der Waals surface area contributed by atoms with E-state index >= 15 is 0 Å². The predicted molar refractivity (Wildman–Crippen MR) is 108 cm³/mol. The number of aromatic nitrogens is 3. The van der Waals surface area contributed by atoms with Gasteiger partial charge in [-0.2, -0.15) is 0 Å². The SMILES string of the molecule is Cc1cn(CC(=O)N2CCN(C(c3ccccc3)c3ccccc3)CC2)nn1. The minimum Gasteiger partial charge on any atom is -0.339 e. The van der Waals surface area contributed by atoms with E-state index in [1.165, 1.54) is 11.1 Å². The molecule has 1 saturated heterocycles. The molecule has 0 N–H and O–H groups in total. The number of carbonyl (C=O) groups is 1. The fourth-order valence-corrected chi connectivity index (χ4v) is 3.83. The highest BCUT2D eigenvalue weighted by Gasteiger charge is 2.28. The molecule has 1 aromatic heterocycles. The Balaban J connectivity index is 1.45. The van der Waals surface area contributed by atoms with Crippen LogP contribution in [0.4, 0.5) is 0 Å². The maximum atomic E-state index is 12.6. The van der Waals surface area contributed by atoms with Gasteiger partial charge in [0.05, 0.1) is 11.7 Å². The van der Waals surface area contributed by atoms with Crippen molar-refractivity contribution >= 4 is 5.91 Å². The molecule has 2 heterocycles. The van der Waals surface area contributed by atoms with Gasteiger partial charge >= 0.3 is 0 Å². The Hall–Kier alpha value is -2.99. The van der Waals surface area contributed by atoms with E-state index < -0.39 is 0 Å². The van der Waals surface area contributed by atoms with Crippen molar-refractivity contribution in [2.24, 2.45) is 0 Å². The van der Waals surface area contributed by atoms with Crippen LogP contribution < -0.4 is 0 Å². The molecule has 0 spiro atoms. The van der Waals surface area contributed by atoms with Crippen molar-refractivity contribution < 1.29 is 4.79 Å². The van der Waals surface area contributed by atoms with Crippen LogP contribution in [-0.2, 0) is 11.3 Å². The van der Waals surface area contributed by atoms with Crippen LogP contribution in [0.5, 0.6) is 0 Å². The van der Waals surface area contributed by atoms with E-state index in [2.05, 4.69) is 63.7 Å². The summed E-state index contributed by atoms with van der Waals surface area (Å²) in [5.41, 5.74) is 3.39. The topological polar surface area (TPSA) is 54.3 Å². The summed E-state index contributed by atoms with van der Waals surface area (Å²) in [7, 11) is 0. The molecule has 3 aromatic rings. The summed E-state index contributed by atoms with van der Waals surface area (Å²) in [6.07, 6.45) is 1.80. The van der Waals surface area contributed by atoms with E-state index in [1.807, 2.05) is 24.0 Å². The summed E-state index contributed by atoms with van der Waals surface area (Å²) in [5, 5.41) is 7.93. The second-order valence-electron chi connectivity index (χ2n) is 7.20. The molecule has 1 aliphatic rings. The third-order valence-electron chi connectivity index (χ3n) is 5.21. The monoisotopic (exact) mass is 375 g/mol. The Morgan fingerprint density at radius 2 is 1.50 bits per heavy atom. The van der Waals surface area contributed by atoms with Gasteiger partial charge in [0.15, 0.2) is 0 Å². The van der Waals surface area contributed by atoms with Crippen LogP contribution in [0.2, 0.25) is 0 Å². The molecule has 2 aromatic carbocycles. The van der Waals surface area contributed by atoms with Crippen molar-refractivity contribution in [3.05, 3.63) is 83.7 Å². The smallest absolute Gasteiger partial charge is 0.244 e. The van der Waals surface area contributed by atoms with Crippen molar-refractivity contribution in [2.75, 3.05) is 26.2 Å². The highest BCUT2D eigenvalue weighted by Crippen LogP contribution is 2.29. The van der Waals surface area contributed by atoms with Gasteiger partial charge < -0.3 is 4.90 Å². The molecule has 6 heteroatoms. The van der Waals surface area contributed by atoms with Crippen LogP contribution in [0.3, 0.4) is 0 Å². The third-order valence-corrected chi connectivity index (χ3v) is 5.21. The highest BCUT2D eigenvalue weighted by molar-refractivity contribution is 5.76. The first-order valence-electron chi connectivity index (χ1n) is 9.69. The lowest BCUT2D eigenvalue weighted by atomic mass is 9.96. The van der Waals surface area contributed by atoms with Crippen molar-refractivity contribution in [1.82, 2.24) is 24.8 Å². The lowest BCUT2D eigenvalue weighted by Gasteiger charge is -2.39. The van der Waals surface area contributed by atoms with E-state index in [0.717, 1.165) is 31.9 Å². The molecule has 6 nitrogen and oxygen atoms in total. The van der Waals surface area contributed by atoms with Gasteiger partial charge in [0.25, 0.3) is 0 Å². The van der Waals surface area contributed by atoms with Gasteiger partial charge in [0.1, 0.15) is 6.54 Å². The summed E-state index contributed by atoms with van der Waals surface area (Å²) in [4.78, 5) is 17.0. The molecule has 28 heavy (non-hydrogen) atoms. The summed E-state index contributed by atoms with van der Waals surface area (Å²) < 4.78 is 1.61. The number of nitrogens with zero attached hydrogens (tertiary/aromatic N) is 5. The van der Waals surface area contributed by atoms with Crippen molar-refractivity contribution in [2.45, 2.75) is 19.5 Å². The maximum absolute atomic E-state index is 12.6. The Kier molecular flexibility index (Phi) is 5.48. The van der Waals surface area contributed by atoms with Crippen LogP contribution in [0.1, 0.15) is 22.9 Å². The minimum atomic E-state index is 0.0977. The van der Waals surface area contributed by atoms with Crippen LogP contribution >= 0.6 is 0 Å². The van der Waals surface area contributed by atoms with Gasteiger partial charge in [0, 0.05) is 32.4 Å². The van der Waals surface area contributed by atoms with E-state index in [9.17, 15) is 4.79 Å². The second kappa shape index (κ2) is 8.35. The zero-order chi connectivity index (χ0) is 19.3. The van der Waals surface area contributed by atoms with Gasteiger partial charge in [0.2, 0.25) is 5.91 Å². The minimum absolute atomic E-state index is 0.0977. The molecule has 0 saturated carbocycles. The van der Waals surface area contributed by atoms with E-state index in [-0.39, 0.29) is 18.5 Å². The first kappa shape index (κ1) is 18.4. The number of amides is 1. The Labute approximate surface area is 165 Å². The Bertz CT molecular complexity index is 861. The number of carbonyl (C=O) groups excluding carboxylic acids is 1. The third kappa shape index (κ3) is 4.12. The Morgan fingerprint density at radius 1 is 0.929 bits per heavy atom. The first-order valence-corrected chi connectivity index (χ1v) is 9.69. The number of rotatable bonds is 5. The van der Waals surface area contributed by atoms with Gasteiger partial charge in [-0.1, -0.05) is 65.9 Å². The summed E-state index contributed by atoms with van der Waals surface area (Å²) in [6, 6.07) is 21.4. The zero-order valence-corrected chi connectivity index (χ0v) is 16.1. The van der Waals surface area contributed by atoms with Gasteiger partial charge in [-0.3, -0.25) is 9.69 Å². The van der Waals surface area contributed by atoms with Crippen LogP contribution in [0.25, 0.3) is 0 Å². The fraction of sp³-hybridized carbons (Fsp3) is 0.318. The first-order chi connectivity index (χ1) is 13.7. The molecule has 0 bridgehead atoms. The molecule has 0 atom stereocenters. The molecule has 1 amide bonds. The number of benzene rings is 2. The molecule has 1 fully saturated rings. The van der Waals surface area contributed by atoms with Gasteiger partial charge in [-0.15, -0.1) is 5.10 Å². The molecule has 0 radical (unpaired) electrons. The summed E-state index contributed by atoms with van der Waals surface area (Å²) in [5.74, 6) is 0.0977. The molecule has 4 rings (SSSR count). The lowest BCUT2D eigenvalue weighted by Crippen LogP contribution is -2.50. The average Bonchev–Trinajstić information content (AvgIpc) is 3.15. The standard InChI is InChI=1S/C22H25N5O/c1-18-16-27(24-23-18)17-21(28)25-12-14-26(15-13-25)22(19-8-4-2-5-9-19)20-10-6-3-7-11-20/h2-11,16,22H,12-15,17H2,1H3. The Morgan fingerprint density at radius 3 is 2.00 bits per heavy atom. The maximum Gasteiger partial charge on any atom is 0.244 e. The predicted octanol–water partition coefficient (Wildman–Crippen LogP) is 2.52. The van der Waals surface area contributed by atoms with E-state index in [1.54, 1.807) is 10.9 Å². The van der Waals surface area contributed by atoms with Crippen molar-refractivity contribution in [3.8, 4) is 0 Å². The highest BCUT2D eigenvalue weighted by atomic mass is 16.2. The average molecular weight is 375 g/mol. The van der Waals surface area contributed by atoms with Crippen molar-refractivity contribution in [1.29, 1.82) is 0 Å². The lowest BCUT2D eigenvalue weighted by molar-refractivity contribution is -0.134. The molecule has 0 aliphatic carbocycles. The number of hydrogen-bond donors (Lipinski definition) is 0. The van der Waals surface area contributed by atoms with Gasteiger partial charge in [-0.25, -0.2) is 4.68 Å². The molecular weight excluding hydrogens is 350 g/mol. The molecule has 0 unspecified atom stereocenters. The quantitative estimate of drug-likeness (QED) is 0.688. The number of hydrogen-bond acceptors (Lipinski definition) is 4. The second-order valence-corrected chi connectivity index (χ2v) is 7.20. The largest absolute Gasteiger partial charge is 0.339 e. The van der Waals surface area contributed by atoms with Crippen LogP contribution in [0.15, 0.2) is 66.9 Å². The summed E-state index contributed by atoms with van der Waals surface area (Å²) >= 11 is 0. The number of aryl methyl sites for hydroxylation is 1. The van der Waals surface area contributed by atoms with Crippen molar-refractivity contribution in [3.63, 3.8) is 0 Å². The normalized spacial score (nSPS) is 15.1. The molecular formula is C22H25N5O. The van der Waals surface area contributed by atoms with E-state index in [4.69, 9.17) is 0 Å². The zero-order valence-electron chi connectivity index (χ0n) is 16.1. The molecule has 144 valence electrons. The van der Waals surface area contributed by atoms with Crippen LogP contribution in [-0.4, -0.2) is 56.9 Å². The van der Waals surface area contributed by atoms with Crippen LogP contribution in [0, 0.1) is 6.92 Å². The van der Waals surface area contributed by atoms with E-state index in [0.29, 0.717) is 0 Å². The molecule has 1 aliphatic heterocycles.